The van der Waals surface area contributed by atoms with Gasteiger partial charge in [-0.05, 0) is 40.5 Å². The minimum absolute atomic E-state index is 0.186. The van der Waals surface area contributed by atoms with Crippen LogP contribution in [0.15, 0.2) is 0 Å². The van der Waals surface area contributed by atoms with E-state index in [1.165, 1.54) is 27.7 Å². The topological polar surface area (TPSA) is 77.5 Å². The van der Waals surface area contributed by atoms with E-state index in [0.717, 1.165) is 6.42 Å². The second kappa shape index (κ2) is 7.28. The van der Waals surface area contributed by atoms with Crippen molar-refractivity contribution in [2.45, 2.75) is 65.6 Å². The van der Waals surface area contributed by atoms with E-state index in [4.69, 9.17) is 4.74 Å². The quantitative estimate of drug-likeness (QED) is 0.595. The van der Waals surface area contributed by atoms with Gasteiger partial charge in [-0.2, -0.15) is 0 Å². The van der Waals surface area contributed by atoms with Crippen LogP contribution in [0.25, 0.3) is 0 Å². The predicted octanol–water partition coefficient (Wildman–Crippen LogP) is 1.66. The van der Waals surface area contributed by atoms with Gasteiger partial charge in [0.05, 0.1) is 0 Å². The highest BCUT2D eigenvalue weighted by atomic mass is 16.5. The average molecular weight is 270 g/mol. The summed E-state index contributed by atoms with van der Waals surface area (Å²) in [7, 11) is 0. The maximum absolute atomic E-state index is 11.8. The van der Waals surface area contributed by atoms with Crippen LogP contribution in [-0.4, -0.2) is 34.8 Å². The first kappa shape index (κ1) is 17.6. The molecule has 0 bridgehead atoms. The number of hydrogen-bond donors (Lipinski definition) is 0. The second-order valence-corrected chi connectivity index (χ2v) is 4.76. The normalized spacial score (nSPS) is 11.5. The summed E-state index contributed by atoms with van der Waals surface area (Å²) in [6.07, 6.45) is 0.202. The fourth-order valence-corrected chi connectivity index (χ4v) is 1.90. The Hall–Kier alpha value is -1.36. The van der Waals surface area contributed by atoms with Crippen molar-refractivity contribution in [3.63, 3.8) is 0 Å². The Morgan fingerprint density at radius 3 is 1.63 bits per heavy atom. The molecule has 0 heterocycles. The minimum Gasteiger partial charge on any atom is -0.340 e. The summed E-state index contributed by atoms with van der Waals surface area (Å²) in [4.78, 5) is 46.5. The van der Waals surface area contributed by atoms with Crippen LogP contribution in [0.3, 0.4) is 0 Å². The van der Waals surface area contributed by atoms with Crippen molar-refractivity contribution in [1.29, 1.82) is 0 Å². The van der Waals surface area contributed by atoms with Gasteiger partial charge in [-0.3, -0.25) is 19.2 Å². The lowest BCUT2D eigenvalue weighted by Crippen LogP contribution is -2.52. The van der Waals surface area contributed by atoms with Crippen LogP contribution in [0.2, 0.25) is 0 Å². The number of ketones is 4. The lowest BCUT2D eigenvalue weighted by atomic mass is 9.88. The highest BCUT2D eigenvalue weighted by Gasteiger charge is 2.44. The summed E-state index contributed by atoms with van der Waals surface area (Å²) in [6, 6.07) is 0. The van der Waals surface area contributed by atoms with Crippen LogP contribution in [0, 0.1) is 0 Å². The Bertz CT molecular complexity index is 355. The number of carbonyl (C=O) groups excluding carboxylic acids is 4. The molecule has 0 spiro atoms. The third kappa shape index (κ3) is 4.35. The van der Waals surface area contributed by atoms with E-state index in [-0.39, 0.29) is 6.42 Å². The van der Waals surface area contributed by atoms with Gasteiger partial charge in [0.2, 0.25) is 0 Å². The summed E-state index contributed by atoms with van der Waals surface area (Å²) in [5.41, 5.74) is -1.68. The van der Waals surface area contributed by atoms with Gasteiger partial charge < -0.3 is 4.74 Å². The molecule has 0 unspecified atom stereocenters. The van der Waals surface area contributed by atoms with Crippen LogP contribution in [0.4, 0.5) is 0 Å². The van der Waals surface area contributed by atoms with E-state index in [2.05, 4.69) is 0 Å². The second-order valence-electron chi connectivity index (χ2n) is 4.76. The zero-order valence-electron chi connectivity index (χ0n) is 12.2. The van der Waals surface area contributed by atoms with E-state index >= 15 is 0 Å². The number of carbonyl (C=O) groups is 4. The van der Waals surface area contributed by atoms with Gasteiger partial charge in [-0.1, -0.05) is 13.3 Å². The van der Waals surface area contributed by atoms with Gasteiger partial charge in [0.25, 0.3) is 0 Å². The minimum atomic E-state index is -1.68. The summed E-state index contributed by atoms with van der Waals surface area (Å²) in [5.74, 6) is -1.95. The summed E-state index contributed by atoms with van der Waals surface area (Å²) < 4.78 is 5.39. The molecule has 0 aromatic heterocycles. The van der Waals surface area contributed by atoms with Gasteiger partial charge >= 0.3 is 0 Å². The molecular weight excluding hydrogens is 248 g/mol. The molecule has 0 aromatic carbocycles. The highest BCUT2D eigenvalue weighted by Crippen LogP contribution is 2.25. The molecule has 5 nitrogen and oxygen atoms in total. The smallest absolute Gasteiger partial charge is 0.185 e. The van der Waals surface area contributed by atoms with Gasteiger partial charge in [-0.15, -0.1) is 0 Å². The Morgan fingerprint density at radius 2 is 1.37 bits per heavy atom. The maximum atomic E-state index is 11.8. The molecule has 0 aliphatic rings. The Balaban J connectivity index is 5.45. The number of hydrogen-bond acceptors (Lipinski definition) is 5. The SMILES string of the molecule is CCCCC(OC(C(C)=O)C(C)=O)(C(C)=O)C(C)=O. The molecular formula is C14H22O5. The van der Waals surface area contributed by atoms with Crippen LogP contribution in [0.1, 0.15) is 53.9 Å². The molecule has 0 N–H and O–H groups in total. The maximum Gasteiger partial charge on any atom is 0.185 e. The Morgan fingerprint density at radius 1 is 0.947 bits per heavy atom. The zero-order chi connectivity index (χ0) is 15.2. The molecule has 108 valence electrons. The average Bonchev–Trinajstić information content (AvgIpc) is 2.27. The van der Waals surface area contributed by atoms with Gasteiger partial charge in [0, 0.05) is 0 Å². The summed E-state index contributed by atoms with van der Waals surface area (Å²) in [6.45, 7) is 6.81. The molecule has 0 saturated heterocycles. The molecule has 5 heteroatoms. The van der Waals surface area contributed by atoms with Gasteiger partial charge in [-0.25, -0.2) is 0 Å². The van der Waals surface area contributed by atoms with Crippen molar-refractivity contribution in [3.8, 4) is 0 Å². The molecule has 0 amide bonds. The third-order valence-corrected chi connectivity index (χ3v) is 3.08. The van der Waals surface area contributed by atoms with Crippen LogP contribution in [0.5, 0.6) is 0 Å². The van der Waals surface area contributed by atoms with E-state index in [0.29, 0.717) is 6.42 Å². The molecule has 0 rings (SSSR count). The van der Waals surface area contributed by atoms with Crippen LogP contribution >= 0.6 is 0 Å². The van der Waals surface area contributed by atoms with Gasteiger partial charge in [0.1, 0.15) is 0 Å². The lowest BCUT2D eigenvalue weighted by Gasteiger charge is -2.31. The highest BCUT2D eigenvalue weighted by molar-refractivity contribution is 6.10. The van der Waals surface area contributed by atoms with Crippen LogP contribution in [-0.2, 0) is 23.9 Å². The van der Waals surface area contributed by atoms with Gasteiger partial charge in [0.15, 0.2) is 34.8 Å². The largest absolute Gasteiger partial charge is 0.340 e. The molecule has 0 aliphatic carbocycles. The molecule has 0 aromatic rings. The Labute approximate surface area is 113 Å². The number of Topliss-reactive ketones (excluding diaryl/α,β-unsaturated/α-hetero) is 4. The van der Waals surface area contributed by atoms with Crippen molar-refractivity contribution in [2.75, 3.05) is 0 Å². The van der Waals surface area contributed by atoms with Crippen molar-refractivity contribution in [1.82, 2.24) is 0 Å². The third-order valence-electron chi connectivity index (χ3n) is 3.08. The first-order valence-corrected chi connectivity index (χ1v) is 6.39. The molecule has 0 aliphatic heterocycles. The van der Waals surface area contributed by atoms with E-state index in [1.54, 1.807) is 0 Å². The van der Waals surface area contributed by atoms with Crippen molar-refractivity contribution < 1.29 is 23.9 Å². The number of ether oxygens (including phenoxy) is 1. The zero-order valence-corrected chi connectivity index (χ0v) is 12.2. The van der Waals surface area contributed by atoms with Crippen molar-refractivity contribution >= 4 is 23.1 Å². The molecule has 0 atom stereocenters. The number of unbranched alkanes of at least 4 members (excludes halogenated alkanes) is 1. The number of rotatable bonds is 9. The molecule has 0 saturated carbocycles. The summed E-state index contributed by atoms with van der Waals surface area (Å²) in [5, 5.41) is 0. The lowest BCUT2D eigenvalue weighted by molar-refractivity contribution is -0.170. The van der Waals surface area contributed by atoms with E-state index in [9.17, 15) is 19.2 Å². The first-order valence-electron chi connectivity index (χ1n) is 6.39. The fraction of sp³-hybridized carbons (Fsp3) is 0.714. The summed E-state index contributed by atoms with van der Waals surface area (Å²) >= 11 is 0. The van der Waals surface area contributed by atoms with Crippen molar-refractivity contribution in [3.05, 3.63) is 0 Å². The fourth-order valence-electron chi connectivity index (χ4n) is 1.90. The molecule has 0 fully saturated rings. The first-order chi connectivity index (χ1) is 8.69. The van der Waals surface area contributed by atoms with E-state index in [1.807, 2.05) is 6.92 Å². The standard InChI is InChI=1S/C14H22O5/c1-6-7-8-14(11(4)17,12(5)18)19-13(9(2)15)10(3)16/h13H,6-8H2,1-5H3. The van der Waals surface area contributed by atoms with E-state index < -0.39 is 34.8 Å². The molecule has 0 radical (unpaired) electrons. The Kier molecular flexibility index (Phi) is 6.76. The van der Waals surface area contributed by atoms with Crippen LogP contribution < -0.4 is 0 Å². The molecule has 19 heavy (non-hydrogen) atoms. The van der Waals surface area contributed by atoms with Crippen molar-refractivity contribution in [2.24, 2.45) is 0 Å². The predicted molar refractivity (Wildman–Crippen MR) is 69.9 cm³/mol. The monoisotopic (exact) mass is 270 g/mol.